The van der Waals surface area contributed by atoms with Crippen LogP contribution in [0.15, 0.2) is 102 Å². The fourth-order valence-electron chi connectivity index (χ4n) is 4.58. The maximum Gasteiger partial charge on any atom is 0.335 e. The van der Waals surface area contributed by atoms with Gasteiger partial charge in [-0.3, -0.25) is 9.10 Å². The number of carboxylic acid groups (broad SMARTS) is 1. The molecule has 4 aromatic carbocycles. The fourth-order valence-corrected chi connectivity index (χ4v) is 6.23. The summed E-state index contributed by atoms with van der Waals surface area (Å²) in [5.41, 5.74) is 2.79. The number of anilines is 1. The first kappa shape index (κ1) is 30.3. The number of hydrogen-bond donors (Lipinski definition) is 2. The monoisotopic (exact) mass is 583 g/mol. The summed E-state index contributed by atoms with van der Waals surface area (Å²) in [6.45, 7) is 0.224. The summed E-state index contributed by atoms with van der Waals surface area (Å²) in [6.07, 6.45) is 0.215. The molecule has 0 bridgehead atoms. The minimum Gasteiger partial charge on any atom is -0.492 e. The van der Waals surface area contributed by atoms with Gasteiger partial charge in [0, 0.05) is 36.0 Å². The van der Waals surface area contributed by atoms with Gasteiger partial charge in [-0.1, -0.05) is 42.5 Å². The summed E-state index contributed by atoms with van der Waals surface area (Å²) >= 11 is 0. The van der Waals surface area contributed by atoms with E-state index >= 15 is 0 Å². The Kier molecular flexibility index (Phi) is 9.49. The molecule has 0 fully saturated rings. The molecule has 5 rings (SSSR count). The van der Waals surface area contributed by atoms with Crippen LogP contribution in [0.2, 0.25) is 0 Å². The predicted octanol–water partition coefficient (Wildman–Crippen LogP) is 4.13. The number of para-hydroxylation sites is 1. The minimum atomic E-state index is -4.10. The van der Waals surface area contributed by atoms with E-state index in [4.69, 9.17) is 9.84 Å². The molecule has 1 aliphatic heterocycles. The number of ether oxygens (including phenoxy) is 1. The van der Waals surface area contributed by atoms with Gasteiger partial charge >= 0.3 is 5.97 Å². The van der Waals surface area contributed by atoms with Crippen LogP contribution in [0.3, 0.4) is 0 Å². The van der Waals surface area contributed by atoms with Crippen LogP contribution in [0.25, 0.3) is 11.1 Å². The standard InChI is InChI=1S/C30H25FN2O6S.Na/c31-24-11-5-20(6-12-24)21-9-15-26(16-10-21)40(37,38)33-27-4-2-1-3-23(27)19-28(33)29(34)32-17-18-39-25-13-7-22(8-14-25)30(35)36;/h1-16,28H,17-19H2,(H,32,34)(H,35,36);/t28-;/m0./s1. The normalized spacial score (nSPS) is 14.1. The SMILES string of the molecule is O=C(O)c1ccc(OCCNC(=O)[C@@H]2Cc3ccccc3N2S(=O)(=O)c2ccc(-c3ccc(F)cc3)cc2)cc1.[Na]. The van der Waals surface area contributed by atoms with Gasteiger partial charge in [0.05, 0.1) is 22.7 Å². The van der Waals surface area contributed by atoms with Crippen molar-refractivity contribution in [1.82, 2.24) is 5.32 Å². The molecule has 8 nitrogen and oxygen atoms in total. The first-order valence-electron chi connectivity index (χ1n) is 12.5. The van der Waals surface area contributed by atoms with Gasteiger partial charge in [-0.25, -0.2) is 17.6 Å². The number of aromatic carboxylic acids is 1. The molecule has 0 aliphatic carbocycles. The Bertz CT molecular complexity index is 1650. The van der Waals surface area contributed by atoms with Crippen molar-refractivity contribution in [1.29, 1.82) is 0 Å². The molecule has 2 N–H and O–H groups in total. The summed E-state index contributed by atoms with van der Waals surface area (Å²) in [4.78, 5) is 24.2. The van der Waals surface area contributed by atoms with E-state index in [-0.39, 0.29) is 65.4 Å². The van der Waals surface area contributed by atoms with Crippen LogP contribution < -0.4 is 14.4 Å². The van der Waals surface area contributed by atoms with Gasteiger partial charge in [-0.15, -0.1) is 0 Å². The Morgan fingerprint density at radius 1 is 0.902 bits per heavy atom. The molecule has 4 aromatic rings. The van der Waals surface area contributed by atoms with Crippen LogP contribution in [0, 0.1) is 5.82 Å². The van der Waals surface area contributed by atoms with Gasteiger partial charge in [0.1, 0.15) is 24.2 Å². The molecule has 0 saturated carbocycles. The van der Waals surface area contributed by atoms with E-state index in [9.17, 15) is 22.4 Å². The van der Waals surface area contributed by atoms with Gasteiger partial charge in [-0.05, 0) is 71.3 Å². The molecule has 0 unspecified atom stereocenters. The number of hydrogen-bond acceptors (Lipinski definition) is 5. The summed E-state index contributed by atoms with van der Waals surface area (Å²) in [5, 5.41) is 11.7. The van der Waals surface area contributed by atoms with Crippen molar-refractivity contribution in [3.8, 4) is 16.9 Å². The Morgan fingerprint density at radius 3 is 2.15 bits per heavy atom. The van der Waals surface area contributed by atoms with Crippen LogP contribution in [0.5, 0.6) is 5.75 Å². The van der Waals surface area contributed by atoms with Gasteiger partial charge in [0.15, 0.2) is 0 Å². The van der Waals surface area contributed by atoms with Crippen LogP contribution >= 0.6 is 0 Å². The second-order valence-electron chi connectivity index (χ2n) is 9.15. The van der Waals surface area contributed by atoms with E-state index < -0.39 is 27.9 Å². The van der Waals surface area contributed by atoms with Crippen LogP contribution in [0.1, 0.15) is 15.9 Å². The van der Waals surface area contributed by atoms with Crippen molar-refractivity contribution >= 4 is 57.1 Å². The van der Waals surface area contributed by atoms with E-state index in [1.54, 1.807) is 48.5 Å². The second-order valence-corrected chi connectivity index (χ2v) is 11.0. The van der Waals surface area contributed by atoms with E-state index in [1.807, 2.05) is 0 Å². The van der Waals surface area contributed by atoms with Crippen molar-refractivity contribution in [2.24, 2.45) is 0 Å². The summed E-state index contributed by atoms with van der Waals surface area (Å²) < 4.78 is 47.7. The van der Waals surface area contributed by atoms with Crippen LogP contribution in [0.4, 0.5) is 10.1 Å². The van der Waals surface area contributed by atoms with E-state index in [1.165, 1.54) is 48.5 Å². The molecular weight excluding hydrogens is 558 g/mol. The quantitative estimate of drug-likeness (QED) is 0.226. The topological polar surface area (TPSA) is 113 Å². The fraction of sp³-hybridized carbons (Fsp3) is 0.133. The molecular formula is C30H25FN2NaO6S. The number of carbonyl (C=O) groups excluding carboxylic acids is 1. The van der Waals surface area contributed by atoms with Gasteiger partial charge in [-0.2, -0.15) is 0 Å². The average Bonchev–Trinajstić information content (AvgIpc) is 3.37. The predicted molar refractivity (Wildman–Crippen MR) is 153 cm³/mol. The maximum atomic E-state index is 13.8. The zero-order chi connectivity index (χ0) is 28.3. The number of sulfonamides is 1. The number of fused-ring (bicyclic) bond motifs is 1. The number of carbonyl (C=O) groups is 2. The van der Waals surface area contributed by atoms with E-state index in [0.29, 0.717) is 11.4 Å². The average molecular weight is 584 g/mol. The molecule has 1 heterocycles. The maximum absolute atomic E-state index is 13.8. The number of carboxylic acids is 1. The first-order valence-corrected chi connectivity index (χ1v) is 13.9. The Morgan fingerprint density at radius 2 is 1.51 bits per heavy atom. The van der Waals surface area contributed by atoms with Crippen LogP contribution in [-0.2, 0) is 21.2 Å². The number of amides is 1. The molecule has 0 aromatic heterocycles. The molecule has 1 atom stereocenters. The summed E-state index contributed by atoms with van der Waals surface area (Å²) in [6, 6.07) is 24.1. The van der Waals surface area contributed by atoms with E-state index in [0.717, 1.165) is 21.0 Å². The van der Waals surface area contributed by atoms with Crippen molar-refractivity contribution in [3.05, 3.63) is 114 Å². The van der Waals surface area contributed by atoms with Crippen molar-refractivity contribution < 1.29 is 32.2 Å². The zero-order valence-corrected chi connectivity index (χ0v) is 25.0. The van der Waals surface area contributed by atoms with Gasteiger partial charge in [0.2, 0.25) is 5.91 Å². The summed E-state index contributed by atoms with van der Waals surface area (Å²) in [7, 11) is -4.10. The third kappa shape index (κ3) is 6.62. The van der Waals surface area contributed by atoms with E-state index in [2.05, 4.69) is 5.32 Å². The third-order valence-electron chi connectivity index (χ3n) is 6.59. The number of nitrogens with zero attached hydrogens (tertiary/aromatic N) is 1. The molecule has 205 valence electrons. The minimum absolute atomic E-state index is 0. The largest absolute Gasteiger partial charge is 0.492 e. The third-order valence-corrected chi connectivity index (χ3v) is 8.42. The Labute approximate surface area is 259 Å². The molecule has 11 heteroatoms. The molecule has 0 saturated heterocycles. The van der Waals surface area contributed by atoms with Crippen molar-refractivity contribution in [2.75, 3.05) is 17.5 Å². The number of benzene rings is 4. The molecule has 41 heavy (non-hydrogen) atoms. The Hall–Kier alpha value is -3.70. The molecule has 0 spiro atoms. The Balaban J connectivity index is 0.00000387. The summed E-state index contributed by atoms with van der Waals surface area (Å²) in [5.74, 6) is -1.42. The second kappa shape index (κ2) is 12.9. The zero-order valence-electron chi connectivity index (χ0n) is 22.2. The molecule has 1 amide bonds. The van der Waals surface area contributed by atoms with Crippen molar-refractivity contribution in [2.45, 2.75) is 17.4 Å². The molecule has 1 aliphatic rings. The number of nitrogens with one attached hydrogen (secondary N) is 1. The first-order chi connectivity index (χ1) is 19.2. The number of halogens is 1. The number of rotatable bonds is 9. The van der Waals surface area contributed by atoms with Crippen LogP contribution in [-0.4, -0.2) is 74.2 Å². The van der Waals surface area contributed by atoms with Gasteiger partial charge in [0.25, 0.3) is 10.0 Å². The molecule has 1 radical (unpaired) electrons. The van der Waals surface area contributed by atoms with Crippen molar-refractivity contribution in [3.63, 3.8) is 0 Å². The van der Waals surface area contributed by atoms with Gasteiger partial charge < -0.3 is 15.2 Å². The smallest absolute Gasteiger partial charge is 0.335 e.